The standard InChI is InChI=1S/C12H22O11S/c13-3-6-5(1-7(15)10(6)18)2-8(16)12(23-24(20,21)22)11(19)9(17)4-14/h6-19H,1-4H2/t6-,7+,8-,9+,10+,11+,12+/m0/s1. The summed E-state index contributed by atoms with van der Waals surface area (Å²) in [6.07, 6.45) is -10.9. The number of rotatable bonds is 9. The molecule has 0 aromatic heterocycles. The van der Waals surface area contributed by atoms with Gasteiger partial charge in [-0.05, 0) is 0 Å². The van der Waals surface area contributed by atoms with E-state index in [0.717, 1.165) is 0 Å². The third kappa shape index (κ3) is 5.49. The summed E-state index contributed by atoms with van der Waals surface area (Å²) in [6.45, 7) is -1.53. The van der Waals surface area contributed by atoms with Gasteiger partial charge in [0.1, 0.15) is 55.4 Å². The Kier molecular flexibility index (Phi) is 7.80. The lowest BCUT2D eigenvalue weighted by Crippen LogP contribution is -2.49. The van der Waals surface area contributed by atoms with Gasteiger partial charge in [-0.2, -0.15) is 0 Å². The van der Waals surface area contributed by atoms with Crippen LogP contribution in [0.1, 0.15) is 12.8 Å². The molecule has 0 aromatic rings. The van der Waals surface area contributed by atoms with Gasteiger partial charge in [-0.15, -0.1) is 0 Å². The highest BCUT2D eigenvalue weighted by Gasteiger charge is 2.52. The normalized spacial score (nSPS) is 30.2. The molecule has 1 aliphatic rings. The van der Waals surface area contributed by atoms with Gasteiger partial charge in [0, 0.05) is 0 Å². The van der Waals surface area contributed by atoms with Crippen molar-refractivity contribution in [2.24, 2.45) is 5.92 Å². The molecule has 1 rings (SSSR count). The predicted molar refractivity (Wildman–Crippen MR) is 74.7 cm³/mol. The van der Waals surface area contributed by atoms with Crippen LogP contribution in [0.25, 0.3) is 0 Å². The van der Waals surface area contributed by atoms with E-state index in [4.69, 9.17) is 5.11 Å². The highest BCUT2D eigenvalue weighted by atomic mass is 32.3. The van der Waals surface area contributed by atoms with E-state index in [1.165, 1.54) is 0 Å². The van der Waals surface area contributed by atoms with Crippen LogP contribution in [0.2, 0.25) is 0 Å². The van der Waals surface area contributed by atoms with Gasteiger partial charge in [-0.25, -0.2) is 8.42 Å². The van der Waals surface area contributed by atoms with Crippen LogP contribution in [0.3, 0.4) is 0 Å². The molecule has 0 amide bonds. The van der Waals surface area contributed by atoms with Crippen LogP contribution in [0.5, 0.6) is 0 Å². The largest absolute Gasteiger partial charge is 0.726 e. The molecular formula is C12H22O11S. The molecule has 0 aromatic carbocycles. The average Bonchev–Trinajstić information content (AvgIpc) is 2.76. The van der Waals surface area contributed by atoms with E-state index in [-0.39, 0.29) is 12.3 Å². The summed E-state index contributed by atoms with van der Waals surface area (Å²) < 4.78 is 36.3. The van der Waals surface area contributed by atoms with Crippen molar-refractivity contribution < 1.29 is 52.9 Å². The fraction of sp³-hybridized carbons (Fsp3) is 0.917. The van der Waals surface area contributed by atoms with Gasteiger partial charge in [0.15, 0.2) is 5.92 Å². The van der Waals surface area contributed by atoms with Crippen LogP contribution >= 0.6 is 0 Å². The maximum absolute atomic E-state index is 10.8. The van der Waals surface area contributed by atoms with E-state index in [9.17, 15) is 43.6 Å². The molecule has 0 unspecified atom stereocenters. The van der Waals surface area contributed by atoms with E-state index in [0.29, 0.717) is 0 Å². The Morgan fingerprint density at radius 2 is 1.75 bits per heavy atom. The van der Waals surface area contributed by atoms with Crippen molar-refractivity contribution in [3.8, 4) is 0 Å². The van der Waals surface area contributed by atoms with Crippen molar-refractivity contribution in [2.45, 2.75) is 49.5 Å². The lowest BCUT2D eigenvalue weighted by atomic mass is 9.87. The second kappa shape index (κ2) is 8.71. The second-order valence-corrected chi connectivity index (χ2v) is 6.70. The van der Waals surface area contributed by atoms with Crippen LogP contribution in [0.4, 0.5) is 0 Å². The Balaban J connectivity index is 2.89. The minimum Gasteiger partial charge on any atom is -0.726 e. The molecule has 142 valence electrons. The minimum atomic E-state index is -5.35. The van der Waals surface area contributed by atoms with Crippen molar-refractivity contribution in [3.05, 3.63) is 5.92 Å². The first-order valence-corrected chi connectivity index (χ1v) is 8.45. The van der Waals surface area contributed by atoms with E-state index in [1.54, 1.807) is 0 Å². The predicted octanol–water partition coefficient (Wildman–Crippen LogP) is -4.39. The van der Waals surface area contributed by atoms with E-state index >= 15 is 0 Å². The van der Waals surface area contributed by atoms with Crippen LogP contribution < -0.4 is 0 Å². The monoisotopic (exact) mass is 374 g/mol. The maximum Gasteiger partial charge on any atom is 0.218 e. The molecule has 1 fully saturated rings. The SMILES string of the molecule is O=S(=O)([O-])O[C@@H]([C@H](O)[C@H](O)CO)[C@@H](O)C[C+]1C[C@@H](O)[C@H](O)[C@H]1CO. The summed E-state index contributed by atoms with van der Waals surface area (Å²) in [4.78, 5) is 0. The summed E-state index contributed by atoms with van der Waals surface area (Å²) in [7, 11) is -5.35. The quantitative estimate of drug-likeness (QED) is 0.116. The molecule has 1 aliphatic carbocycles. The van der Waals surface area contributed by atoms with E-state index < -0.39 is 72.6 Å². The first-order valence-electron chi connectivity index (χ1n) is 7.12. The Morgan fingerprint density at radius 3 is 2.21 bits per heavy atom. The van der Waals surface area contributed by atoms with Gasteiger partial charge in [-0.3, -0.25) is 4.18 Å². The number of aliphatic hydroxyl groups is 7. The summed E-state index contributed by atoms with van der Waals surface area (Å²) in [5, 5.41) is 66.5. The zero-order valence-corrected chi connectivity index (χ0v) is 13.4. The van der Waals surface area contributed by atoms with Crippen LogP contribution in [-0.2, 0) is 14.6 Å². The van der Waals surface area contributed by atoms with Crippen molar-refractivity contribution in [3.63, 3.8) is 0 Å². The van der Waals surface area contributed by atoms with Gasteiger partial charge in [0.05, 0.1) is 13.2 Å². The summed E-state index contributed by atoms with van der Waals surface area (Å²) in [6, 6.07) is 0. The van der Waals surface area contributed by atoms with Crippen molar-refractivity contribution >= 4 is 10.4 Å². The molecule has 12 heteroatoms. The number of hydrogen-bond acceptors (Lipinski definition) is 11. The summed E-state index contributed by atoms with van der Waals surface area (Å²) in [5.74, 6) is -0.619. The van der Waals surface area contributed by atoms with Gasteiger partial charge in [0.2, 0.25) is 10.4 Å². The van der Waals surface area contributed by atoms with Gasteiger partial charge >= 0.3 is 0 Å². The molecule has 0 aliphatic heterocycles. The summed E-state index contributed by atoms with van der Waals surface area (Å²) >= 11 is 0. The van der Waals surface area contributed by atoms with Crippen LogP contribution in [0.15, 0.2) is 0 Å². The summed E-state index contributed by atoms with van der Waals surface area (Å²) in [5.41, 5.74) is 0. The van der Waals surface area contributed by atoms with Crippen molar-refractivity contribution in [1.82, 2.24) is 0 Å². The topological polar surface area (TPSA) is 208 Å². The molecule has 11 nitrogen and oxygen atoms in total. The van der Waals surface area contributed by atoms with Gasteiger partial charge in [-0.1, -0.05) is 0 Å². The van der Waals surface area contributed by atoms with Gasteiger partial charge in [0.25, 0.3) is 0 Å². The second-order valence-electron chi connectivity index (χ2n) is 5.69. The molecule has 0 saturated heterocycles. The first kappa shape index (κ1) is 21.5. The third-order valence-electron chi connectivity index (χ3n) is 4.00. The lowest BCUT2D eigenvalue weighted by Gasteiger charge is -2.29. The molecule has 7 atom stereocenters. The third-order valence-corrected chi connectivity index (χ3v) is 4.45. The molecule has 24 heavy (non-hydrogen) atoms. The molecule has 0 bridgehead atoms. The van der Waals surface area contributed by atoms with E-state index in [2.05, 4.69) is 4.18 Å². The fourth-order valence-corrected chi connectivity index (χ4v) is 3.23. The smallest absolute Gasteiger partial charge is 0.218 e. The Bertz CT molecular complexity index is 483. The Morgan fingerprint density at radius 1 is 1.17 bits per heavy atom. The Hall–Kier alpha value is -0.540. The first-order chi connectivity index (χ1) is 11.0. The molecule has 1 saturated carbocycles. The highest BCUT2D eigenvalue weighted by molar-refractivity contribution is 7.80. The van der Waals surface area contributed by atoms with E-state index in [1.807, 2.05) is 0 Å². The van der Waals surface area contributed by atoms with Crippen molar-refractivity contribution in [2.75, 3.05) is 13.2 Å². The molecule has 7 N–H and O–H groups in total. The molecule has 0 heterocycles. The van der Waals surface area contributed by atoms with Crippen LogP contribution in [-0.4, -0.2) is 98.6 Å². The zero-order valence-electron chi connectivity index (χ0n) is 12.5. The van der Waals surface area contributed by atoms with Crippen molar-refractivity contribution in [1.29, 1.82) is 0 Å². The highest BCUT2D eigenvalue weighted by Crippen LogP contribution is 2.38. The number of aliphatic hydroxyl groups excluding tert-OH is 7. The average molecular weight is 374 g/mol. The molecule has 0 spiro atoms. The fourth-order valence-electron chi connectivity index (χ4n) is 2.72. The molecule has 0 radical (unpaired) electrons. The minimum absolute atomic E-state index is 0.0983. The molecular weight excluding hydrogens is 352 g/mol. The number of hydrogen-bond donors (Lipinski definition) is 7. The van der Waals surface area contributed by atoms with Crippen LogP contribution in [0, 0.1) is 11.8 Å². The van der Waals surface area contributed by atoms with Gasteiger partial charge < -0.3 is 40.3 Å². The zero-order chi connectivity index (χ0) is 18.7. The maximum atomic E-state index is 10.8. The Labute approximate surface area is 138 Å². The lowest BCUT2D eigenvalue weighted by molar-refractivity contribution is -0.106.